The maximum Gasteiger partial charge on any atom is 0.130 e. The Labute approximate surface area is 115 Å². The second-order valence-corrected chi connectivity index (χ2v) is 5.33. The molecule has 2 heterocycles. The lowest BCUT2D eigenvalue weighted by Gasteiger charge is -2.11. The van der Waals surface area contributed by atoms with Crippen LogP contribution in [-0.4, -0.2) is 22.8 Å². The fourth-order valence-electron chi connectivity index (χ4n) is 2.24. The van der Waals surface area contributed by atoms with Crippen molar-refractivity contribution < 1.29 is 9.47 Å². The largest absolute Gasteiger partial charge is 0.496 e. The van der Waals surface area contributed by atoms with Gasteiger partial charge in [-0.1, -0.05) is 4.49 Å². The number of benzene rings is 1. The maximum absolute atomic E-state index is 5.78. The maximum atomic E-state index is 5.78. The van der Waals surface area contributed by atoms with E-state index in [0.29, 0.717) is 6.54 Å². The third-order valence-corrected chi connectivity index (χ3v) is 3.74. The van der Waals surface area contributed by atoms with E-state index in [2.05, 4.69) is 34.0 Å². The number of hydrogen-bond acceptors (Lipinski definition) is 6. The lowest BCUT2D eigenvalue weighted by atomic mass is 10.1. The number of hydrogen-bond donors (Lipinski definition) is 1. The van der Waals surface area contributed by atoms with Crippen molar-refractivity contribution in [3.8, 4) is 11.5 Å². The number of anilines is 1. The molecule has 1 aromatic carbocycles. The van der Waals surface area contributed by atoms with E-state index in [-0.39, 0.29) is 6.10 Å². The van der Waals surface area contributed by atoms with Crippen LogP contribution < -0.4 is 14.8 Å². The zero-order valence-corrected chi connectivity index (χ0v) is 11.7. The Bertz CT molecular complexity index is 572. The quantitative estimate of drug-likeness (QED) is 0.930. The summed E-state index contributed by atoms with van der Waals surface area (Å²) in [7, 11) is 1.69. The van der Waals surface area contributed by atoms with Crippen LogP contribution in [0, 0.1) is 0 Å². The number of rotatable bonds is 4. The third kappa shape index (κ3) is 2.49. The highest BCUT2D eigenvalue weighted by Gasteiger charge is 2.21. The van der Waals surface area contributed by atoms with E-state index in [9.17, 15) is 0 Å². The van der Waals surface area contributed by atoms with Gasteiger partial charge in [0.1, 0.15) is 22.6 Å². The van der Waals surface area contributed by atoms with Crippen molar-refractivity contribution in [3.05, 3.63) is 29.5 Å². The molecule has 1 aliphatic heterocycles. The monoisotopic (exact) mass is 277 g/mol. The van der Waals surface area contributed by atoms with Gasteiger partial charge in [-0.05, 0) is 19.1 Å². The highest BCUT2D eigenvalue weighted by Crippen LogP contribution is 2.35. The van der Waals surface area contributed by atoms with Gasteiger partial charge in [-0.15, -0.1) is 5.10 Å². The first-order chi connectivity index (χ1) is 9.26. The van der Waals surface area contributed by atoms with E-state index in [1.54, 1.807) is 13.3 Å². The van der Waals surface area contributed by atoms with Gasteiger partial charge in [-0.25, -0.2) is 0 Å². The molecule has 0 fully saturated rings. The van der Waals surface area contributed by atoms with Crippen LogP contribution in [0.5, 0.6) is 11.5 Å². The molecule has 0 aliphatic carbocycles. The van der Waals surface area contributed by atoms with E-state index in [1.807, 2.05) is 0 Å². The predicted molar refractivity (Wildman–Crippen MR) is 74.0 cm³/mol. The molecule has 6 heteroatoms. The second kappa shape index (κ2) is 5.05. The molecule has 5 nitrogen and oxygen atoms in total. The second-order valence-electron chi connectivity index (χ2n) is 4.54. The standard InChI is InChI=1S/C13H15N3O2S/c1-8-3-9-4-11(17-2)10(5-12(9)18-8)6-14-13-7-15-16-19-13/h4-5,7-8,14H,3,6H2,1-2H3. The Morgan fingerprint density at radius 3 is 3.16 bits per heavy atom. The van der Waals surface area contributed by atoms with Gasteiger partial charge < -0.3 is 14.8 Å². The smallest absolute Gasteiger partial charge is 0.130 e. The van der Waals surface area contributed by atoms with Gasteiger partial charge in [0.05, 0.1) is 13.3 Å². The minimum absolute atomic E-state index is 0.244. The first-order valence-electron chi connectivity index (χ1n) is 6.14. The lowest BCUT2D eigenvalue weighted by molar-refractivity contribution is 0.254. The van der Waals surface area contributed by atoms with Crippen molar-refractivity contribution >= 4 is 16.5 Å². The molecule has 1 aliphatic rings. The minimum atomic E-state index is 0.244. The van der Waals surface area contributed by atoms with Crippen LogP contribution in [0.15, 0.2) is 18.3 Å². The summed E-state index contributed by atoms with van der Waals surface area (Å²) in [5.74, 6) is 1.86. The van der Waals surface area contributed by atoms with Crippen LogP contribution in [0.1, 0.15) is 18.1 Å². The summed E-state index contributed by atoms with van der Waals surface area (Å²) in [6.07, 6.45) is 2.90. The first-order valence-corrected chi connectivity index (χ1v) is 6.91. The molecule has 1 N–H and O–H groups in total. The molecule has 0 saturated carbocycles. The fourth-order valence-corrected chi connectivity index (χ4v) is 2.65. The lowest BCUT2D eigenvalue weighted by Crippen LogP contribution is -2.05. The van der Waals surface area contributed by atoms with Crippen LogP contribution in [0.4, 0.5) is 5.00 Å². The van der Waals surface area contributed by atoms with E-state index in [4.69, 9.17) is 9.47 Å². The molecule has 0 radical (unpaired) electrons. The Hall–Kier alpha value is -1.82. The zero-order valence-electron chi connectivity index (χ0n) is 10.8. The zero-order chi connectivity index (χ0) is 13.2. The van der Waals surface area contributed by atoms with Gasteiger partial charge in [-0.2, -0.15) is 0 Å². The van der Waals surface area contributed by atoms with Crippen LogP contribution in [0.3, 0.4) is 0 Å². The van der Waals surface area contributed by atoms with Crippen LogP contribution >= 0.6 is 11.5 Å². The van der Waals surface area contributed by atoms with Gasteiger partial charge in [0.15, 0.2) is 0 Å². The molecule has 0 amide bonds. The third-order valence-electron chi connectivity index (χ3n) is 3.11. The molecule has 1 atom stereocenters. The summed E-state index contributed by atoms with van der Waals surface area (Å²) in [6.45, 7) is 2.74. The molecular weight excluding hydrogens is 262 g/mol. The van der Waals surface area contributed by atoms with Crippen LogP contribution in [0.25, 0.3) is 0 Å². The topological polar surface area (TPSA) is 56.3 Å². The van der Waals surface area contributed by atoms with Crippen molar-refractivity contribution in [2.45, 2.75) is 26.0 Å². The highest BCUT2D eigenvalue weighted by molar-refractivity contribution is 7.09. The van der Waals surface area contributed by atoms with E-state index in [0.717, 1.165) is 28.5 Å². The summed E-state index contributed by atoms with van der Waals surface area (Å²) in [6, 6.07) is 4.12. The molecule has 0 spiro atoms. The van der Waals surface area contributed by atoms with Crippen molar-refractivity contribution in [3.63, 3.8) is 0 Å². The Kier molecular flexibility index (Phi) is 3.25. The number of nitrogens with zero attached hydrogens (tertiary/aromatic N) is 2. The average Bonchev–Trinajstić information content (AvgIpc) is 3.02. The normalized spacial score (nSPS) is 16.8. The van der Waals surface area contributed by atoms with Crippen molar-refractivity contribution in [1.82, 2.24) is 9.59 Å². The minimum Gasteiger partial charge on any atom is -0.496 e. The highest BCUT2D eigenvalue weighted by atomic mass is 32.1. The molecule has 2 aromatic rings. The summed E-state index contributed by atoms with van der Waals surface area (Å²) in [4.78, 5) is 0. The molecule has 1 unspecified atom stereocenters. The van der Waals surface area contributed by atoms with Crippen molar-refractivity contribution in [2.24, 2.45) is 0 Å². The Balaban J connectivity index is 1.82. The Morgan fingerprint density at radius 1 is 1.53 bits per heavy atom. The van der Waals surface area contributed by atoms with Gasteiger partial charge >= 0.3 is 0 Å². The summed E-state index contributed by atoms with van der Waals surface area (Å²) >= 11 is 1.34. The number of ether oxygens (including phenoxy) is 2. The van der Waals surface area contributed by atoms with E-state index in [1.165, 1.54) is 17.1 Å². The van der Waals surface area contributed by atoms with E-state index < -0.39 is 0 Å². The molecule has 0 bridgehead atoms. The molecule has 19 heavy (non-hydrogen) atoms. The van der Waals surface area contributed by atoms with Crippen LogP contribution in [0.2, 0.25) is 0 Å². The summed E-state index contributed by atoms with van der Waals surface area (Å²) < 4.78 is 15.0. The molecule has 1 aromatic heterocycles. The molecule has 0 saturated heterocycles. The number of nitrogens with one attached hydrogen (secondary N) is 1. The predicted octanol–water partition coefficient (Wildman–Crippen LogP) is 2.48. The van der Waals surface area contributed by atoms with Gasteiger partial charge in [0.2, 0.25) is 0 Å². The van der Waals surface area contributed by atoms with Gasteiger partial charge in [0.25, 0.3) is 0 Å². The van der Waals surface area contributed by atoms with Crippen molar-refractivity contribution in [2.75, 3.05) is 12.4 Å². The number of fused-ring (bicyclic) bond motifs is 1. The fraction of sp³-hybridized carbons (Fsp3) is 0.385. The number of methoxy groups -OCH3 is 1. The SMILES string of the molecule is COc1cc2c(cc1CNc1cnns1)OC(C)C2. The van der Waals surface area contributed by atoms with Crippen LogP contribution in [-0.2, 0) is 13.0 Å². The summed E-state index contributed by atoms with van der Waals surface area (Å²) in [5.41, 5.74) is 2.29. The molecule has 100 valence electrons. The van der Waals surface area contributed by atoms with Gasteiger partial charge in [0, 0.05) is 35.6 Å². The molecule has 3 rings (SSSR count). The van der Waals surface area contributed by atoms with Gasteiger partial charge in [-0.3, -0.25) is 0 Å². The summed E-state index contributed by atoms with van der Waals surface area (Å²) in [5, 5.41) is 8.01. The molecular formula is C13H15N3O2S. The Morgan fingerprint density at radius 2 is 2.42 bits per heavy atom. The van der Waals surface area contributed by atoms with Crippen molar-refractivity contribution in [1.29, 1.82) is 0 Å². The first kappa shape index (κ1) is 12.2. The number of aromatic nitrogens is 2. The average molecular weight is 277 g/mol. The van der Waals surface area contributed by atoms with E-state index >= 15 is 0 Å².